The summed E-state index contributed by atoms with van der Waals surface area (Å²) >= 11 is 0. The van der Waals surface area contributed by atoms with E-state index in [1.807, 2.05) is 0 Å². The minimum Gasteiger partial charge on any atom is -0.444 e. The predicted molar refractivity (Wildman–Crippen MR) is 467 cm³/mol. The van der Waals surface area contributed by atoms with Crippen molar-refractivity contribution >= 4 is 114 Å². The largest absolute Gasteiger partial charge is 0.515 e. The van der Waals surface area contributed by atoms with Gasteiger partial charge in [0.25, 0.3) is 11.1 Å². The molecule has 756 valence electrons. The van der Waals surface area contributed by atoms with E-state index in [0.717, 1.165) is 36.0 Å². The summed E-state index contributed by atoms with van der Waals surface area (Å²) in [6.45, 7) is 42.7. The molecule has 0 aromatic carbocycles. The Labute approximate surface area is 777 Å². The highest BCUT2D eigenvalue weighted by Gasteiger charge is 2.62. The molecule has 54 heteroatoms. The van der Waals surface area contributed by atoms with Crippen LogP contribution in [0.1, 0.15) is 204 Å². The first-order chi connectivity index (χ1) is 61.6. The molecule has 6 fully saturated rings. The number of rotatable bonds is 7. The molecular formula is C81H123N12O39P3. The molecule has 0 spiro atoms. The number of anilines is 6. The fraction of sp³-hybridized carbons (Fsp3) is 0.741. The number of nitrogens with zero attached hydrogens (tertiary/aromatic N) is 9. The van der Waals surface area contributed by atoms with Crippen LogP contribution in [0.5, 0.6) is 5.88 Å². The van der Waals surface area contributed by atoms with E-state index in [9.17, 15) is 81.8 Å². The second-order valence-corrected chi connectivity index (χ2v) is 46.3. The van der Waals surface area contributed by atoms with Gasteiger partial charge in [0.15, 0.2) is 17.5 Å². The number of carbonyl (C=O) groups excluding carboxylic acids is 9. The van der Waals surface area contributed by atoms with E-state index in [-0.39, 0.29) is 85.1 Å². The first-order valence-corrected chi connectivity index (χ1v) is 47.1. The van der Waals surface area contributed by atoms with Crippen molar-refractivity contribution in [2.45, 2.75) is 330 Å². The molecule has 12 heterocycles. The van der Waals surface area contributed by atoms with E-state index in [2.05, 4.69) is 35.6 Å². The van der Waals surface area contributed by atoms with E-state index in [1.54, 1.807) is 187 Å². The molecule has 0 bridgehead atoms. The minimum absolute atomic E-state index is 0.0748. The number of hydrogen-bond acceptors (Lipinski definition) is 43. The molecule has 9 aliphatic heterocycles. The van der Waals surface area contributed by atoms with Crippen LogP contribution in [0.4, 0.5) is 78.4 Å². The summed E-state index contributed by atoms with van der Waals surface area (Å²) < 4.78 is 158. The maximum absolute atomic E-state index is 14.1. The number of H-pyrrole nitrogens is 1. The molecule has 0 radical (unpaired) electrons. The highest BCUT2D eigenvalue weighted by molar-refractivity contribution is 7.49. The SMILES string of the molecule is COP1(=O)OCC2OC3C(Cc4c(OC(=O)OC(C)(C)C)nc(NC(=O)OC(C)(C)C)nc4N3C(=O)OC(C)(C)C)C(O)C2O1.COP1(=O)OCC2OC3C(Cc4c(nc(N(C(=O)OC(C)(C)C)C(=O)OC(C)(C)C)[nH]c4=O)N3C(=O)OC(C)(C)C)C(O)C2O1.COP1(=O)OCC2OC3C(Cc4c(nc(NC(=O)OC(C)(C)C)n(C(=O)OC(C)(C)C)c4=O)N3C(=O)OC(C)(C)C)C(O)C2O1. The molecular weight excluding hydrogens is 1860 g/mol. The average molecular weight is 1980 g/mol. The summed E-state index contributed by atoms with van der Waals surface area (Å²) in [6.07, 6.45) is -24.9. The zero-order valence-electron chi connectivity index (χ0n) is 80.8. The monoisotopic (exact) mass is 1980 g/mol. The molecule has 9 aliphatic rings. The lowest BCUT2D eigenvalue weighted by Crippen LogP contribution is -2.66. The Kier molecular flexibility index (Phi) is 31.3. The zero-order valence-corrected chi connectivity index (χ0v) is 83.5. The van der Waals surface area contributed by atoms with Crippen LogP contribution in [-0.4, -0.2) is 265 Å². The number of aliphatic hydroxyl groups excluding tert-OH is 3. The molecule has 3 aromatic heterocycles. The van der Waals surface area contributed by atoms with Gasteiger partial charge < -0.3 is 76.9 Å². The molecule has 3 aromatic rings. The average Bonchev–Trinajstić information content (AvgIpc) is 0.735. The molecule has 6 N–H and O–H groups in total. The van der Waals surface area contributed by atoms with E-state index in [4.69, 9.17) is 102 Å². The van der Waals surface area contributed by atoms with Crippen molar-refractivity contribution in [3.8, 4) is 5.88 Å². The van der Waals surface area contributed by atoms with Crippen LogP contribution in [0.2, 0.25) is 0 Å². The normalized spacial score (nSPS) is 28.2. The Morgan fingerprint density at radius 1 is 0.407 bits per heavy atom. The Morgan fingerprint density at radius 2 is 0.726 bits per heavy atom. The number of hydrogen-bond donors (Lipinski definition) is 6. The molecule has 12 rings (SSSR count). The number of phosphoric ester groups is 3. The topological polar surface area (TPSA) is 612 Å². The van der Waals surface area contributed by atoms with Crippen molar-refractivity contribution in [1.29, 1.82) is 0 Å². The Morgan fingerprint density at radius 3 is 1.07 bits per heavy atom. The molecule has 135 heavy (non-hydrogen) atoms. The number of aromatic amines is 1. The molecule has 0 saturated carbocycles. The maximum Gasteiger partial charge on any atom is 0.515 e. The van der Waals surface area contributed by atoms with Crippen molar-refractivity contribution in [2.75, 3.05) is 71.4 Å². The number of amides is 7. The first kappa shape index (κ1) is 108. The van der Waals surface area contributed by atoms with Gasteiger partial charge in [-0.2, -0.15) is 24.5 Å². The minimum atomic E-state index is -4.02. The summed E-state index contributed by atoms with van der Waals surface area (Å²) in [4.78, 5) is 170. The van der Waals surface area contributed by atoms with Gasteiger partial charge in [-0.05, 0) is 206 Å². The summed E-state index contributed by atoms with van der Waals surface area (Å²) in [5, 5.41) is 39.1. The van der Waals surface area contributed by atoms with Crippen LogP contribution >= 0.6 is 23.5 Å². The summed E-state index contributed by atoms with van der Waals surface area (Å²) in [5.41, 5.74) is -11.0. The number of imide groups is 1. The molecule has 18 unspecified atom stereocenters. The van der Waals surface area contributed by atoms with E-state index in [0.29, 0.717) is 9.47 Å². The second kappa shape index (κ2) is 39.2. The summed E-state index contributed by atoms with van der Waals surface area (Å²) in [5.74, 6) is -5.75. The Balaban J connectivity index is 0.000000209. The number of nitrogens with one attached hydrogen (secondary N) is 3. The van der Waals surface area contributed by atoms with Crippen LogP contribution in [0.15, 0.2) is 9.59 Å². The summed E-state index contributed by atoms with van der Waals surface area (Å²) in [7, 11) is -8.61. The van der Waals surface area contributed by atoms with Crippen LogP contribution in [0, 0.1) is 17.8 Å². The Hall–Kier alpha value is -9.24. The van der Waals surface area contributed by atoms with Gasteiger partial charge in [-0.15, -0.1) is 4.90 Å². The summed E-state index contributed by atoms with van der Waals surface area (Å²) in [6, 6.07) is 0. The van der Waals surface area contributed by atoms with Crippen LogP contribution in [0.25, 0.3) is 0 Å². The third-order valence-electron chi connectivity index (χ3n) is 19.4. The lowest BCUT2D eigenvalue weighted by Gasteiger charge is -2.51. The van der Waals surface area contributed by atoms with E-state index < -0.39 is 243 Å². The lowest BCUT2D eigenvalue weighted by molar-refractivity contribution is -0.219. The van der Waals surface area contributed by atoms with Gasteiger partial charge >= 0.3 is 78.4 Å². The van der Waals surface area contributed by atoms with Crippen LogP contribution in [0.3, 0.4) is 0 Å². The van der Waals surface area contributed by atoms with Crippen molar-refractivity contribution in [3.63, 3.8) is 0 Å². The third kappa shape index (κ3) is 26.6. The van der Waals surface area contributed by atoms with Gasteiger partial charge in [0.05, 0.1) is 54.8 Å². The number of phosphoric acid groups is 3. The van der Waals surface area contributed by atoms with Gasteiger partial charge in [0.2, 0.25) is 23.7 Å². The molecule has 0 aliphatic carbocycles. The standard InChI is InChI=1S/3C27H41N4O13P/c1-25(2,3)41-22(34)29-21-28-18-14(19(33)31(21)24(36)43-27(7,8)9)11-13-16(32)17-15(12-39-45(37,38-10)44-17)40-20(13)30(18)23(35)42-26(4,5)6;1-25(2,3)41-22(33)30-21-28-18-14(19(29-21)40-24(35)43-27(7,8)9)11-13-16(32)17-15(12-38-45(36,37-10)44-17)39-20(13)31(18)23(34)42-26(4,5)6;1-25(2,3)41-22(34)30-18-14(11-13-16(32)17-15(40-20(13)30)12-39-45(37,38-10)44-17)19(33)29-21(28-18)31(23(35)42-26(4,5)6)24(36)43-27(7,8)9/h13,15-17,20,32H,11-12H2,1-10H3,(H,28,29,34);13,15-17,20,32H,11-12H2,1-10H3,(H,28,29,30,33);13,15-17,20,32H,11-12H2,1-10H3,(H,28,29,33). The fourth-order valence-electron chi connectivity index (χ4n) is 14.5. The zero-order chi connectivity index (χ0) is 101. The predicted octanol–water partition coefficient (Wildman–Crippen LogP) is 11.5. The molecule has 18 atom stereocenters. The molecule has 51 nitrogen and oxygen atoms in total. The van der Waals surface area contributed by atoms with Gasteiger partial charge in [0, 0.05) is 39.1 Å². The number of ether oxygens (including phenoxy) is 13. The third-order valence-corrected chi connectivity index (χ3v) is 23.7. The van der Waals surface area contributed by atoms with Crippen molar-refractivity contribution in [3.05, 3.63) is 37.4 Å². The van der Waals surface area contributed by atoms with E-state index in [1.165, 1.54) is 0 Å². The van der Waals surface area contributed by atoms with Gasteiger partial charge in [-0.3, -0.25) is 65.9 Å². The number of aromatic nitrogens is 6. The fourth-order valence-corrected chi connectivity index (χ4v) is 17.9. The van der Waals surface area contributed by atoms with Crippen molar-refractivity contribution in [1.82, 2.24) is 29.5 Å². The van der Waals surface area contributed by atoms with E-state index >= 15 is 0 Å². The second-order valence-electron chi connectivity index (χ2n) is 41.1. The maximum atomic E-state index is 14.1. The number of fused-ring (bicyclic) bond motifs is 9. The van der Waals surface area contributed by atoms with Gasteiger partial charge in [0.1, 0.15) is 106 Å². The quantitative estimate of drug-likeness (QED) is 0.0727. The Bertz CT molecular complexity index is 5260. The highest BCUT2D eigenvalue weighted by atomic mass is 31.2. The lowest BCUT2D eigenvalue weighted by atomic mass is 9.82. The smallest absolute Gasteiger partial charge is 0.444 e. The molecule has 7 amide bonds. The van der Waals surface area contributed by atoms with Crippen LogP contribution in [-0.2, 0) is 131 Å². The van der Waals surface area contributed by atoms with Crippen molar-refractivity contribution < 1.29 is 174 Å². The van der Waals surface area contributed by atoms with Gasteiger partial charge in [-0.25, -0.2) is 71.5 Å². The first-order valence-electron chi connectivity index (χ1n) is 42.8. The number of carbonyl (C=O) groups is 9. The van der Waals surface area contributed by atoms with Gasteiger partial charge in [-0.1, -0.05) is 0 Å². The van der Waals surface area contributed by atoms with Crippen LogP contribution < -0.4 is 46.1 Å². The molecule has 6 saturated heterocycles. The van der Waals surface area contributed by atoms with Crippen molar-refractivity contribution in [2.24, 2.45) is 17.8 Å². The number of aliphatic hydroxyl groups is 3. The highest BCUT2D eigenvalue weighted by Crippen LogP contribution is 2.60.